The second-order valence-corrected chi connectivity index (χ2v) is 22.1. The first kappa shape index (κ1) is 28.0. The quantitative estimate of drug-likeness (QED) is 0.590. The molecule has 2 aliphatic carbocycles. The first-order valence-electron chi connectivity index (χ1n) is 11.6. The molecule has 1 unspecified atom stereocenters. The molecule has 167 valence electrons. The van der Waals surface area contributed by atoms with Crippen LogP contribution < -0.4 is 28.6 Å². The Morgan fingerprint density at radius 1 is 0.900 bits per heavy atom. The minimum Gasteiger partial charge on any atom is -1.00 e. The number of rotatable bonds is 4. The van der Waals surface area contributed by atoms with Crippen LogP contribution in [0.25, 0.3) is 6.08 Å². The summed E-state index contributed by atoms with van der Waals surface area (Å²) in [5, 5.41) is 0. The molecule has 0 bridgehead atoms. The molecule has 2 nitrogen and oxygen atoms in total. The van der Waals surface area contributed by atoms with Crippen molar-refractivity contribution in [3.8, 4) is 0 Å². The number of fused-ring (bicyclic) bond motifs is 1. The summed E-state index contributed by atoms with van der Waals surface area (Å²) in [6.07, 6.45) is 18.9. The normalized spacial score (nSPS) is 20.2. The molecule has 1 fully saturated rings. The van der Waals surface area contributed by atoms with E-state index in [1.165, 1.54) is 68.9 Å². The predicted octanol–water partition coefficient (Wildman–Crippen LogP) is 0.316. The third kappa shape index (κ3) is 8.13. The van der Waals surface area contributed by atoms with E-state index in [4.69, 9.17) is 0 Å². The number of carbonyl (C=O) groups excluding carboxylic acids is 1. The van der Waals surface area contributed by atoms with Gasteiger partial charge in [-0.2, -0.15) is 0 Å². The molecule has 6 heteroatoms. The molecule has 1 aromatic carbocycles. The maximum Gasteiger partial charge on any atom is -1.00 e. The molecule has 2 aliphatic rings. The number of hydrogen-bond acceptors (Lipinski definition) is 1. The van der Waals surface area contributed by atoms with Gasteiger partial charge in [-0.25, -0.2) is 0 Å². The molecule has 1 amide bonds. The molecule has 0 heterocycles. The fraction of sp³-hybridized carbons (Fsp3) is 0.625. The second-order valence-electron chi connectivity index (χ2n) is 9.02. The average molecular weight is 503 g/mol. The van der Waals surface area contributed by atoms with E-state index in [1.54, 1.807) is 0 Å². The van der Waals surface area contributed by atoms with Crippen LogP contribution >= 0.6 is 0 Å². The van der Waals surface area contributed by atoms with Gasteiger partial charge in [0.2, 0.25) is 0 Å². The van der Waals surface area contributed by atoms with Crippen LogP contribution in [0.15, 0.2) is 30.3 Å². The number of nitrogens with one attached hydrogen (secondary N) is 1. The summed E-state index contributed by atoms with van der Waals surface area (Å²) in [5.41, 5.74) is 2.84. The molecule has 0 radical (unpaired) electrons. The van der Waals surface area contributed by atoms with Gasteiger partial charge in [-0.1, -0.05) is 0 Å². The molecule has 1 saturated carbocycles. The Morgan fingerprint density at radius 2 is 1.43 bits per heavy atom. The van der Waals surface area contributed by atoms with Gasteiger partial charge in [-0.3, -0.25) is 0 Å². The van der Waals surface area contributed by atoms with E-state index in [9.17, 15) is 4.79 Å². The van der Waals surface area contributed by atoms with Gasteiger partial charge in [-0.15, -0.1) is 0 Å². The molecule has 1 aromatic rings. The van der Waals surface area contributed by atoms with Gasteiger partial charge >= 0.3 is 180 Å². The fourth-order valence-corrected chi connectivity index (χ4v) is 14.7. The van der Waals surface area contributed by atoms with Crippen LogP contribution in [-0.4, -0.2) is 12.6 Å². The Labute approximate surface area is 203 Å². The van der Waals surface area contributed by atoms with Crippen molar-refractivity contribution in [2.45, 2.75) is 87.9 Å². The monoisotopic (exact) mass is 502 g/mol. The molecular weight excluding hydrogens is 465 g/mol. The summed E-state index contributed by atoms with van der Waals surface area (Å²) < 4.78 is 4.25. The van der Waals surface area contributed by atoms with Crippen molar-refractivity contribution in [2.75, 3.05) is 0 Å². The van der Waals surface area contributed by atoms with E-state index < -0.39 is 24.0 Å². The molecule has 0 aromatic heterocycles. The maximum absolute atomic E-state index is 13.3. The second kappa shape index (κ2) is 14.9. The third-order valence-corrected chi connectivity index (χ3v) is 18.3. The zero-order chi connectivity index (χ0) is 19.8. The fourth-order valence-electron chi connectivity index (χ4n) is 4.77. The number of halogens is 2. The van der Waals surface area contributed by atoms with Crippen molar-refractivity contribution in [1.82, 2.24) is 3.80 Å². The molecule has 0 aliphatic heterocycles. The van der Waals surface area contributed by atoms with E-state index in [0.717, 1.165) is 12.8 Å². The third-order valence-electron chi connectivity index (χ3n) is 6.50. The van der Waals surface area contributed by atoms with E-state index in [0.29, 0.717) is 10.1 Å². The number of benzene rings is 1. The van der Waals surface area contributed by atoms with Gasteiger partial charge in [0.25, 0.3) is 0 Å². The summed E-state index contributed by atoms with van der Waals surface area (Å²) >= 11 is -1.67. The summed E-state index contributed by atoms with van der Waals surface area (Å²) in [4.78, 5) is 13.3. The van der Waals surface area contributed by atoms with Crippen molar-refractivity contribution in [3.63, 3.8) is 0 Å². The summed E-state index contributed by atoms with van der Waals surface area (Å²) in [5.74, 6) is 0.668. The van der Waals surface area contributed by atoms with Gasteiger partial charge in [0.05, 0.1) is 0 Å². The van der Waals surface area contributed by atoms with Crippen molar-refractivity contribution in [1.29, 1.82) is 0 Å². The average Bonchev–Trinajstić information content (AvgIpc) is 3.10. The Bertz CT molecular complexity index is 658. The molecular formula is C24H38Cl2NOSiTi. The zero-order valence-corrected chi connectivity index (χ0v) is 22.9. The largest absolute Gasteiger partial charge is 1.00 e. The number of carbonyl (C=O) groups is 1. The SMILES string of the molecule is C[SiH](C)[Ti+2]([NH]C(=O)C1CCCCCCCCCCC1)[CH]1C=Cc2ccccc21.[Cl-].[Cl-]. The minimum absolute atomic E-state index is 0. The van der Waals surface area contributed by atoms with Gasteiger partial charge in [-0.05, 0) is 0 Å². The van der Waals surface area contributed by atoms with Crippen LogP contribution in [0.3, 0.4) is 0 Å². The van der Waals surface area contributed by atoms with Crippen molar-refractivity contribution >= 4 is 18.6 Å². The first-order valence-corrected chi connectivity index (χ1v) is 18.9. The Balaban J connectivity index is 0.00000225. The summed E-state index contributed by atoms with van der Waals surface area (Å²) in [6.45, 7) is 4.03. The van der Waals surface area contributed by atoms with E-state index in [-0.39, 0.29) is 30.7 Å². The zero-order valence-electron chi connectivity index (χ0n) is 18.6. The molecule has 3 rings (SSSR count). The van der Waals surface area contributed by atoms with Crippen LogP contribution in [0.5, 0.6) is 0 Å². The van der Waals surface area contributed by atoms with Gasteiger partial charge in [0, 0.05) is 0 Å². The minimum atomic E-state index is -1.67. The smallest absolute Gasteiger partial charge is 1.00 e. The number of hydrogen-bond donors (Lipinski definition) is 1. The van der Waals surface area contributed by atoms with Gasteiger partial charge in [0.15, 0.2) is 0 Å². The van der Waals surface area contributed by atoms with Crippen LogP contribution in [0.1, 0.15) is 86.0 Å². The number of amides is 1. The molecule has 1 atom stereocenters. The van der Waals surface area contributed by atoms with Crippen LogP contribution in [0.2, 0.25) is 13.1 Å². The first-order chi connectivity index (χ1) is 13.7. The Hall–Kier alpha value is -0.0588. The van der Waals surface area contributed by atoms with Gasteiger partial charge in [0.1, 0.15) is 0 Å². The van der Waals surface area contributed by atoms with Crippen molar-refractivity contribution < 1.29 is 47.0 Å². The summed E-state index contributed by atoms with van der Waals surface area (Å²) in [7, 11) is 0. The Morgan fingerprint density at radius 3 is 2.00 bits per heavy atom. The van der Waals surface area contributed by atoms with E-state index >= 15 is 0 Å². The van der Waals surface area contributed by atoms with Crippen LogP contribution in [0, 0.1) is 5.92 Å². The van der Waals surface area contributed by atoms with Crippen LogP contribution in [0.4, 0.5) is 0 Å². The predicted molar refractivity (Wildman–Crippen MR) is 120 cm³/mol. The van der Waals surface area contributed by atoms with Crippen LogP contribution in [-0.2, 0) is 22.2 Å². The molecule has 0 spiro atoms. The molecule has 30 heavy (non-hydrogen) atoms. The van der Waals surface area contributed by atoms with Crippen molar-refractivity contribution in [3.05, 3.63) is 41.5 Å². The summed E-state index contributed by atoms with van der Waals surface area (Å²) in [6, 6.07) is 8.79. The Kier molecular flexibility index (Phi) is 13.9. The van der Waals surface area contributed by atoms with E-state index in [1.807, 2.05) is 0 Å². The van der Waals surface area contributed by atoms with Crippen molar-refractivity contribution in [2.24, 2.45) is 5.92 Å². The van der Waals surface area contributed by atoms with Gasteiger partial charge < -0.3 is 24.8 Å². The number of allylic oxidation sites excluding steroid dienone is 1. The maximum atomic E-state index is 13.3. The molecule has 0 saturated heterocycles. The standard InChI is InChI=1S/C13H25NO.C9H7.C2H7Si.2ClH.Ti/c14-13(15)12-10-8-6-4-2-1-3-5-7-9-11-12;1-2-5-9-7-3-6-8(9)4-1;1-3-2;;;/h12H,1-11H2,(H2,14,15);1-7H;3H,1-2H3;2*1H;/q;;;;;+3/p-3. The van der Waals surface area contributed by atoms with E-state index in [2.05, 4.69) is 53.3 Å². The molecule has 1 N–H and O–H groups in total. The topological polar surface area (TPSA) is 29.1 Å².